The fourth-order valence-electron chi connectivity index (χ4n) is 3.88. The number of aromatic nitrogens is 3. The van der Waals surface area contributed by atoms with Crippen LogP contribution < -0.4 is 11.2 Å². The lowest BCUT2D eigenvalue weighted by Gasteiger charge is -2.34. The Morgan fingerprint density at radius 3 is 2.40 bits per heavy atom. The lowest BCUT2D eigenvalue weighted by molar-refractivity contribution is 0.251. The number of fused-ring (bicyclic) bond motifs is 1. The zero-order valence-electron chi connectivity index (χ0n) is 16.6. The number of halogens is 1. The van der Waals surface area contributed by atoms with Crippen LogP contribution in [-0.2, 0) is 24.1 Å². The Labute approximate surface area is 172 Å². The van der Waals surface area contributed by atoms with E-state index in [1.54, 1.807) is 12.1 Å². The largest absolute Gasteiger partial charge is 0.332 e. The van der Waals surface area contributed by atoms with E-state index < -0.39 is 33.1 Å². The van der Waals surface area contributed by atoms with Crippen LogP contribution in [0.5, 0.6) is 0 Å². The number of hydrogen-bond donors (Lipinski definition) is 0. The predicted molar refractivity (Wildman–Crippen MR) is 109 cm³/mol. The Kier molecular flexibility index (Phi) is 5.07. The highest BCUT2D eigenvalue weighted by Crippen LogP contribution is 2.35. The number of hydrogen-bond acceptors (Lipinski definition) is 5. The van der Waals surface area contributed by atoms with Crippen molar-refractivity contribution in [3.05, 3.63) is 68.7 Å². The molecule has 3 aromatic rings. The smallest absolute Gasteiger partial charge is 0.280 e. The molecule has 8 nitrogen and oxygen atoms in total. The van der Waals surface area contributed by atoms with Gasteiger partial charge in [0.25, 0.3) is 5.56 Å². The van der Waals surface area contributed by atoms with Crippen molar-refractivity contribution in [2.45, 2.75) is 30.2 Å². The van der Waals surface area contributed by atoms with E-state index in [1.807, 2.05) is 0 Å². The molecule has 1 atom stereocenters. The second kappa shape index (κ2) is 7.44. The molecule has 30 heavy (non-hydrogen) atoms. The molecule has 1 fully saturated rings. The summed E-state index contributed by atoms with van der Waals surface area (Å²) in [6.45, 7) is 0.305. The molecule has 1 saturated heterocycles. The Morgan fingerprint density at radius 1 is 1.00 bits per heavy atom. The highest BCUT2D eigenvalue weighted by Gasteiger charge is 2.35. The average molecular weight is 432 g/mol. The molecular weight excluding hydrogens is 411 g/mol. The van der Waals surface area contributed by atoms with Crippen molar-refractivity contribution in [2.24, 2.45) is 14.1 Å². The molecule has 2 aromatic heterocycles. The van der Waals surface area contributed by atoms with Gasteiger partial charge in [0.05, 0.1) is 22.0 Å². The van der Waals surface area contributed by atoms with Gasteiger partial charge in [0.15, 0.2) is 0 Å². The third kappa shape index (κ3) is 3.25. The summed E-state index contributed by atoms with van der Waals surface area (Å²) >= 11 is 0. The maximum Gasteiger partial charge on any atom is 0.332 e. The van der Waals surface area contributed by atoms with Crippen LogP contribution in [0.4, 0.5) is 4.39 Å². The van der Waals surface area contributed by atoms with Crippen molar-refractivity contribution in [3.63, 3.8) is 0 Å². The van der Waals surface area contributed by atoms with E-state index in [0.29, 0.717) is 25.1 Å². The fourth-order valence-corrected chi connectivity index (χ4v) is 5.55. The molecule has 0 N–H and O–H groups in total. The number of rotatable bonds is 3. The molecule has 0 aliphatic carbocycles. The first kappa shape index (κ1) is 20.4. The van der Waals surface area contributed by atoms with Crippen molar-refractivity contribution < 1.29 is 12.8 Å². The number of nitrogens with zero attached hydrogens (tertiary/aromatic N) is 4. The van der Waals surface area contributed by atoms with Gasteiger partial charge in [0.2, 0.25) is 10.0 Å². The summed E-state index contributed by atoms with van der Waals surface area (Å²) in [7, 11) is -0.949. The first-order chi connectivity index (χ1) is 14.2. The minimum absolute atomic E-state index is 0.0119. The van der Waals surface area contributed by atoms with Gasteiger partial charge in [-0.05, 0) is 49.2 Å². The minimum Gasteiger partial charge on any atom is -0.280 e. The van der Waals surface area contributed by atoms with E-state index in [1.165, 1.54) is 35.1 Å². The average Bonchev–Trinajstić information content (AvgIpc) is 2.76. The van der Waals surface area contributed by atoms with Gasteiger partial charge in [-0.2, -0.15) is 4.31 Å². The molecule has 0 amide bonds. The molecule has 10 heteroatoms. The van der Waals surface area contributed by atoms with Crippen LogP contribution in [0.2, 0.25) is 0 Å². The van der Waals surface area contributed by atoms with Gasteiger partial charge < -0.3 is 0 Å². The second-order valence-electron chi connectivity index (χ2n) is 7.39. The van der Waals surface area contributed by atoms with Crippen molar-refractivity contribution in [3.8, 4) is 0 Å². The van der Waals surface area contributed by atoms with Gasteiger partial charge in [-0.15, -0.1) is 0 Å². The number of sulfonamides is 1. The number of piperidine rings is 1. The number of aryl methyl sites for hydroxylation is 1. The van der Waals surface area contributed by atoms with Crippen molar-refractivity contribution in [1.29, 1.82) is 0 Å². The highest BCUT2D eigenvalue weighted by atomic mass is 32.2. The Hall–Kier alpha value is -2.85. The quantitative estimate of drug-likeness (QED) is 0.628. The summed E-state index contributed by atoms with van der Waals surface area (Å²) in [4.78, 5) is 29.2. The summed E-state index contributed by atoms with van der Waals surface area (Å²) in [5.74, 6) is -0.511. The molecular formula is C20H21FN4O4S. The van der Waals surface area contributed by atoms with E-state index in [2.05, 4.69) is 4.98 Å². The van der Waals surface area contributed by atoms with Crippen LogP contribution in [0.1, 0.15) is 31.0 Å². The summed E-state index contributed by atoms with van der Waals surface area (Å²) in [5, 5.41) is 0.284. The lowest BCUT2D eigenvalue weighted by Crippen LogP contribution is -2.39. The highest BCUT2D eigenvalue weighted by molar-refractivity contribution is 7.89. The fraction of sp³-hybridized carbons (Fsp3) is 0.350. The molecule has 0 radical (unpaired) electrons. The maximum absolute atomic E-state index is 13.3. The van der Waals surface area contributed by atoms with Crippen LogP contribution in [-0.4, -0.2) is 33.4 Å². The van der Waals surface area contributed by atoms with Gasteiger partial charge in [-0.25, -0.2) is 22.6 Å². The zero-order valence-corrected chi connectivity index (χ0v) is 17.4. The van der Waals surface area contributed by atoms with Crippen LogP contribution in [0, 0.1) is 5.82 Å². The van der Waals surface area contributed by atoms with Crippen LogP contribution in [0.25, 0.3) is 11.0 Å². The van der Waals surface area contributed by atoms with Gasteiger partial charge in [0, 0.05) is 20.6 Å². The topological polar surface area (TPSA) is 94.3 Å². The maximum atomic E-state index is 13.3. The molecule has 1 aromatic carbocycles. The Morgan fingerprint density at radius 2 is 1.70 bits per heavy atom. The van der Waals surface area contributed by atoms with Crippen LogP contribution in [0.15, 0.2) is 50.9 Å². The van der Waals surface area contributed by atoms with E-state index in [-0.39, 0.29) is 15.9 Å². The molecule has 3 heterocycles. The molecule has 1 aliphatic heterocycles. The summed E-state index contributed by atoms with van der Waals surface area (Å²) in [6.07, 6.45) is 2.07. The summed E-state index contributed by atoms with van der Waals surface area (Å²) < 4.78 is 43.4. The van der Waals surface area contributed by atoms with E-state index in [4.69, 9.17) is 0 Å². The summed E-state index contributed by atoms with van der Waals surface area (Å²) in [6, 6.07) is 7.40. The third-order valence-corrected chi connectivity index (χ3v) is 7.46. The minimum atomic E-state index is -3.87. The molecule has 4 rings (SSSR count). The summed E-state index contributed by atoms with van der Waals surface area (Å²) in [5.41, 5.74) is -0.274. The van der Waals surface area contributed by atoms with Gasteiger partial charge >= 0.3 is 5.69 Å². The second-order valence-corrected chi connectivity index (χ2v) is 9.28. The molecule has 1 aliphatic rings. The number of pyridine rings is 1. The predicted octanol–water partition coefficient (Wildman–Crippen LogP) is 1.69. The first-order valence-electron chi connectivity index (χ1n) is 9.56. The molecule has 158 valence electrons. The Balaban J connectivity index is 1.83. The zero-order chi connectivity index (χ0) is 21.6. The van der Waals surface area contributed by atoms with E-state index in [9.17, 15) is 22.4 Å². The van der Waals surface area contributed by atoms with Crippen LogP contribution >= 0.6 is 0 Å². The molecule has 0 spiro atoms. The standard InChI is InChI=1S/C20H21FN4O4S/c1-23-18-15(19(26)24(2)20(23)27)10-11-16(22-18)17-5-3-4-12-25(17)30(28,29)14-8-6-13(21)7-9-14/h6-11,17H,3-5,12H2,1-2H3. The van der Waals surface area contributed by atoms with Crippen molar-refractivity contribution >= 4 is 21.1 Å². The Bertz CT molecular complexity index is 1350. The number of benzene rings is 1. The molecule has 0 saturated carbocycles. The van der Waals surface area contributed by atoms with Crippen molar-refractivity contribution in [2.75, 3.05) is 6.54 Å². The molecule has 1 unspecified atom stereocenters. The van der Waals surface area contributed by atoms with Crippen molar-refractivity contribution in [1.82, 2.24) is 18.4 Å². The van der Waals surface area contributed by atoms with Gasteiger partial charge in [-0.1, -0.05) is 6.42 Å². The van der Waals surface area contributed by atoms with Crippen LogP contribution in [0.3, 0.4) is 0 Å². The van der Waals surface area contributed by atoms with E-state index >= 15 is 0 Å². The monoisotopic (exact) mass is 432 g/mol. The normalized spacial score (nSPS) is 18.0. The third-order valence-electron chi connectivity index (χ3n) is 5.54. The van der Waals surface area contributed by atoms with Gasteiger partial charge in [-0.3, -0.25) is 13.9 Å². The van der Waals surface area contributed by atoms with E-state index in [0.717, 1.165) is 23.1 Å². The first-order valence-corrected chi connectivity index (χ1v) is 11.0. The van der Waals surface area contributed by atoms with Gasteiger partial charge in [0.1, 0.15) is 11.5 Å². The SMILES string of the molecule is Cn1c(=O)c2ccc(C3CCCCN3S(=O)(=O)c3ccc(F)cc3)nc2n(C)c1=O. The molecule has 0 bridgehead atoms. The lowest BCUT2D eigenvalue weighted by atomic mass is 10.0.